The highest BCUT2D eigenvalue weighted by molar-refractivity contribution is 14.1. The quantitative estimate of drug-likeness (QED) is 0.0330. The van der Waals surface area contributed by atoms with E-state index in [0.717, 1.165) is 25.9 Å². The average Bonchev–Trinajstić information content (AvgIpc) is 2.94. The molecule has 0 atom stereocenters. The maximum atomic E-state index is 11.7. The molecule has 0 aromatic heterocycles. The summed E-state index contributed by atoms with van der Waals surface area (Å²) in [6.45, 7) is 9.22. The molecule has 0 aliphatic heterocycles. The van der Waals surface area contributed by atoms with Crippen molar-refractivity contribution in [2.45, 2.75) is 96.8 Å². The van der Waals surface area contributed by atoms with E-state index in [1.807, 2.05) is 0 Å². The van der Waals surface area contributed by atoms with E-state index in [1.165, 1.54) is 68.6 Å². The van der Waals surface area contributed by atoms with Crippen molar-refractivity contribution in [2.75, 3.05) is 90.3 Å². The predicted molar refractivity (Wildman–Crippen MR) is 165 cm³/mol. The van der Waals surface area contributed by atoms with Gasteiger partial charge in [0.2, 0.25) is 0 Å². The zero-order valence-electron chi connectivity index (χ0n) is 24.9. The van der Waals surface area contributed by atoms with Gasteiger partial charge in [-0.05, 0) is 23.7 Å². The molecule has 0 aromatic carbocycles. The third kappa shape index (κ3) is 35.9. The number of halogens is 1. The third-order valence-electron chi connectivity index (χ3n) is 6.01. The first-order valence-corrected chi connectivity index (χ1v) is 17.0. The van der Waals surface area contributed by atoms with Gasteiger partial charge in [0.15, 0.2) is 0 Å². The lowest BCUT2D eigenvalue weighted by Gasteiger charge is -2.08. The van der Waals surface area contributed by atoms with Gasteiger partial charge < -0.3 is 33.2 Å². The number of rotatable bonds is 34. The van der Waals surface area contributed by atoms with Crippen LogP contribution in [0.15, 0.2) is 0 Å². The fourth-order valence-electron chi connectivity index (χ4n) is 3.72. The number of esters is 1. The lowest BCUT2D eigenvalue weighted by Crippen LogP contribution is -2.15. The van der Waals surface area contributed by atoms with Gasteiger partial charge in [0.25, 0.3) is 0 Å². The number of carbonyl (C=O) groups excluding carboxylic acids is 1. The first-order valence-electron chi connectivity index (χ1n) is 15.5. The van der Waals surface area contributed by atoms with E-state index < -0.39 is 0 Å². The van der Waals surface area contributed by atoms with Crippen LogP contribution >= 0.6 is 22.6 Å². The van der Waals surface area contributed by atoms with Crippen molar-refractivity contribution in [2.24, 2.45) is 0 Å². The second-order valence-electron chi connectivity index (χ2n) is 9.58. The highest BCUT2D eigenvalue weighted by Crippen LogP contribution is 2.10. The Hall–Kier alpha value is -0.0400. The van der Waals surface area contributed by atoms with Crippen LogP contribution in [0.3, 0.4) is 0 Å². The van der Waals surface area contributed by atoms with Crippen LogP contribution < -0.4 is 0 Å². The van der Waals surface area contributed by atoms with Crippen LogP contribution in [0.1, 0.15) is 96.8 Å². The zero-order chi connectivity index (χ0) is 28.3. The van der Waals surface area contributed by atoms with Gasteiger partial charge >= 0.3 is 5.97 Å². The minimum Gasteiger partial charge on any atom is -0.463 e. The Kier molecular flexibility index (Phi) is 35.9. The number of alkyl halides is 1. The smallest absolute Gasteiger partial charge is 0.305 e. The van der Waals surface area contributed by atoms with Crippen LogP contribution in [0.4, 0.5) is 0 Å². The van der Waals surface area contributed by atoms with Crippen molar-refractivity contribution in [3.8, 4) is 0 Å². The largest absolute Gasteiger partial charge is 0.463 e. The highest BCUT2D eigenvalue weighted by Gasteiger charge is 2.02. The van der Waals surface area contributed by atoms with Gasteiger partial charge in [0.1, 0.15) is 6.61 Å². The summed E-state index contributed by atoms with van der Waals surface area (Å²) in [5.41, 5.74) is 0. The fraction of sp³-hybridized carbons (Fsp3) is 0.967. The van der Waals surface area contributed by atoms with Crippen LogP contribution in [0.5, 0.6) is 0 Å². The van der Waals surface area contributed by atoms with Crippen molar-refractivity contribution < 1.29 is 38.0 Å². The summed E-state index contributed by atoms with van der Waals surface area (Å²) in [7, 11) is 0. The summed E-state index contributed by atoms with van der Waals surface area (Å²) in [5, 5.41) is 0. The van der Waals surface area contributed by atoms with E-state index in [-0.39, 0.29) is 5.97 Å². The normalized spacial score (nSPS) is 11.3. The number of hydrogen-bond donors (Lipinski definition) is 0. The Balaban J connectivity index is 3.11. The lowest BCUT2D eigenvalue weighted by molar-refractivity contribution is -0.145. The first kappa shape index (κ1) is 39.0. The maximum Gasteiger partial charge on any atom is 0.305 e. The molecule has 0 amide bonds. The van der Waals surface area contributed by atoms with Crippen molar-refractivity contribution in [1.82, 2.24) is 0 Å². The molecule has 39 heavy (non-hydrogen) atoms. The molecule has 9 heteroatoms. The number of carbonyl (C=O) groups is 1. The van der Waals surface area contributed by atoms with Gasteiger partial charge in [-0.25, -0.2) is 0 Å². The third-order valence-corrected chi connectivity index (χ3v) is 6.77. The van der Waals surface area contributed by atoms with E-state index in [0.29, 0.717) is 85.7 Å². The van der Waals surface area contributed by atoms with Gasteiger partial charge in [0.05, 0.1) is 72.7 Å². The van der Waals surface area contributed by atoms with Gasteiger partial charge in [-0.15, -0.1) is 0 Å². The van der Waals surface area contributed by atoms with Crippen molar-refractivity contribution in [3.63, 3.8) is 0 Å². The molecule has 0 aliphatic carbocycles. The highest BCUT2D eigenvalue weighted by atomic mass is 127. The summed E-state index contributed by atoms with van der Waals surface area (Å²) in [4.78, 5) is 11.7. The summed E-state index contributed by atoms with van der Waals surface area (Å²) in [5.74, 6) is -0.125. The zero-order valence-corrected chi connectivity index (χ0v) is 27.1. The minimum atomic E-state index is -0.125. The van der Waals surface area contributed by atoms with E-state index in [9.17, 15) is 4.79 Å². The average molecular weight is 675 g/mol. The Morgan fingerprint density at radius 3 is 1.26 bits per heavy atom. The second kappa shape index (κ2) is 36.0. The Labute approximate surface area is 253 Å². The van der Waals surface area contributed by atoms with Crippen LogP contribution in [0.2, 0.25) is 0 Å². The van der Waals surface area contributed by atoms with Crippen LogP contribution in [-0.2, 0) is 38.0 Å². The van der Waals surface area contributed by atoms with Crippen molar-refractivity contribution >= 4 is 28.6 Å². The maximum absolute atomic E-state index is 11.7. The predicted octanol–water partition coefficient (Wildman–Crippen LogP) is 6.55. The Morgan fingerprint density at radius 2 is 0.795 bits per heavy atom. The van der Waals surface area contributed by atoms with E-state index in [1.54, 1.807) is 0 Å². The minimum absolute atomic E-state index is 0.125. The van der Waals surface area contributed by atoms with Gasteiger partial charge in [-0.2, -0.15) is 0 Å². The number of ether oxygens (including phenoxy) is 7. The summed E-state index contributed by atoms with van der Waals surface area (Å²) < 4.78 is 39.4. The second-order valence-corrected chi connectivity index (χ2v) is 10.7. The Bertz CT molecular complexity index is 470. The number of unbranched alkanes of at least 4 members (excludes halogenated alkanes) is 11. The summed E-state index contributed by atoms with van der Waals surface area (Å²) in [6.07, 6.45) is 16.7. The van der Waals surface area contributed by atoms with Crippen LogP contribution in [-0.4, -0.2) is 96.3 Å². The monoisotopic (exact) mass is 674 g/mol. The standard InChI is InChI=1S/C30H59IO8/c1-2-3-4-5-6-7-8-9-12-15-30(32)39-29-28-38-27-26-37-25-24-36-23-22-35-21-20-34-19-18-33-17-14-11-10-13-16-31/h2-29H2,1H3. The van der Waals surface area contributed by atoms with Gasteiger partial charge in [-0.3, -0.25) is 4.79 Å². The molecule has 234 valence electrons. The van der Waals surface area contributed by atoms with E-state index in [4.69, 9.17) is 33.2 Å². The molecule has 0 fully saturated rings. The summed E-state index contributed by atoms with van der Waals surface area (Å²) in [6, 6.07) is 0. The molecule has 0 unspecified atom stereocenters. The molecule has 8 nitrogen and oxygen atoms in total. The fourth-order valence-corrected chi connectivity index (χ4v) is 4.26. The molecule has 0 saturated carbocycles. The van der Waals surface area contributed by atoms with Crippen LogP contribution in [0.25, 0.3) is 0 Å². The van der Waals surface area contributed by atoms with Crippen molar-refractivity contribution in [3.05, 3.63) is 0 Å². The van der Waals surface area contributed by atoms with E-state index >= 15 is 0 Å². The van der Waals surface area contributed by atoms with Crippen LogP contribution in [0, 0.1) is 0 Å². The molecular weight excluding hydrogens is 615 g/mol. The lowest BCUT2D eigenvalue weighted by atomic mass is 10.1. The molecule has 0 aliphatic rings. The summed E-state index contributed by atoms with van der Waals surface area (Å²) >= 11 is 2.42. The van der Waals surface area contributed by atoms with Gasteiger partial charge in [0, 0.05) is 13.0 Å². The molecule has 0 rings (SSSR count). The van der Waals surface area contributed by atoms with Gasteiger partial charge in [-0.1, -0.05) is 93.7 Å². The van der Waals surface area contributed by atoms with E-state index in [2.05, 4.69) is 29.5 Å². The molecule has 0 bridgehead atoms. The molecule has 0 saturated heterocycles. The molecule has 0 heterocycles. The topological polar surface area (TPSA) is 81.7 Å². The molecule has 0 N–H and O–H groups in total. The number of hydrogen-bond acceptors (Lipinski definition) is 8. The van der Waals surface area contributed by atoms with Crippen molar-refractivity contribution in [1.29, 1.82) is 0 Å². The molecule has 0 aromatic rings. The first-order chi connectivity index (χ1) is 19.3. The SMILES string of the molecule is CCCCCCCCCCCC(=O)OCCOCCOCCOCCOCCOCCOCCCCCCI. The molecule has 0 spiro atoms. The molecule has 0 radical (unpaired) electrons. The Morgan fingerprint density at radius 1 is 0.436 bits per heavy atom. The molecular formula is C30H59IO8.